The van der Waals surface area contributed by atoms with Crippen molar-refractivity contribution in [3.63, 3.8) is 0 Å². The lowest BCUT2D eigenvalue weighted by atomic mass is 10.3. The van der Waals surface area contributed by atoms with Gasteiger partial charge in [0, 0.05) is 19.6 Å². The number of carbonyl (C=O) groups is 1. The zero-order chi connectivity index (χ0) is 15.9. The number of nitrogens with one attached hydrogen (secondary N) is 3. The van der Waals surface area contributed by atoms with E-state index in [9.17, 15) is 13.2 Å². The standard InChI is InChI=1S/C11H23N5O4S.ClH/c1-21(18,19)15-11(13)14-4-7-20-8-9(12)10(17)16-5-2-3-6-16;/h9H,2-8,12H2,1H3,(H3,13,14,15);1H/t9-;/m0./s1. The quantitative estimate of drug-likeness (QED) is 0.247. The molecule has 1 saturated heterocycles. The van der Waals surface area contributed by atoms with E-state index in [4.69, 9.17) is 15.9 Å². The van der Waals surface area contributed by atoms with Gasteiger partial charge in [-0.05, 0) is 12.8 Å². The average molecular weight is 358 g/mol. The molecule has 0 spiro atoms. The summed E-state index contributed by atoms with van der Waals surface area (Å²) in [5, 5.41) is 9.83. The minimum Gasteiger partial charge on any atom is -0.377 e. The first-order chi connectivity index (χ1) is 9.79. The van der Waals surface area contributed by atoms with Gasteiger partial charge in [-0.2, -0.15) is 0 Å². The molecular formula is C11H24ClN5O4S. The van der Waals surface area contributed by atoms with Gasteiger partial charge in [0.25, 0.3) is 0 Å². The van der Waals surface area contributed by atoms with Crippen LogP contribution in [0.4, 0.5) is 0 Å². The van der Waals surface area contributed by atoms with Crippen LogP contribution >= 0.6 is 12.4 Å². The van der Waals surface area contributed by atoms with Crippen LogP contribution in [0.2, 0.25) is 0 Å². The van der Waals surface area contributed by atoms with Crippen LogP contribution in [0.1, 0.15) is 12.8 Å². The molecule has 22 heavy (non-hydrogen) atoms. The number of carbonyl (C=O) groups excluding carboxylic acids is 1. The summed E-state index contributed by atoms with van der Waals surface area (Å²) < 4.78 is 28.9. The third kappa shape index (κ3) is 8.37. The number of nitrogens with two attached hydrogens (primary N) is 1. The van der Waals surface area contributed by atoms with E-state index in [1.54, 1.807) is 4.90 Å². The van der Waals surface area contributed by atoms with E-state index in [1.165, 1.54) is 0 Å². The van der Waals surface area contributed by atoms with Crippen molar-refractivity contribution in [2.24, 2.45) is 5.73 Å². The summed E-state index contributed by atoms with van der Waals surface area (Å²) in [6, 6.07) is -0.684. The second-order valence-corrected chi connectivity index (χ2v) is 6.64. The van der Waals surface area contributed by atoms with E-state index in [0.717, 1.165) is 32.2 Å². The third-order valence-electron chi connectivity index (χ3n) is 2.87. The molecular weight excluding hydrogens is 334 g/mol. The van der Waals surface area contributed by atoms with Crippen molar-refractivity contribution in [3.8, 4) is 0 Å². The second-order valence-electron chi connectivity index (χ2n) is 4.89. The highest BCUT2D eigenvalue weighted by Gasteiger charge is 2.23. The molecule has 11 heteroatoms. The number of halogens is 1. The molecule has 0 saturated carbocycles. The van der Waals surface area contributed by atoms with Crippen LogP contribution in [-0.2, 0) is 19.6 Å². The predicted molar refractivity (Wildman–Crippen MR) is 85.6 cm³/mol. The molecule has 5 N–H and O–H groups in total. The van der Waals surface area contributed by atoms with E-state index in [1.807, 2.05) is 4.72 Å². The van der Waals surface area contributed by atoms with Crippen molar-refractivity contribution < 1.29 is 17.9 Å². The topological polar surface area (TPSA) is 138 Å². The molecule has 9 nitrogen and oxygen atoms in total. The summed E-state index contributed by atoms with van der Waals surface area (Å²) in [6.07, 6.45) is 2.99. The van der Waals surface area contributed by atoms with Gasteiger partial charge in [-0.1, -0.05) is 0 Å². The Bertz CT molecular complexity index is 467. The fourth-order valence-electron chi connectivity index (χ4n) is 1.92. The third-order valence-corrected chi connectivity index (χ3v) is 3.44. The van der Waals surface area contributed by atoms with Gasteiger partial charge >= 0.3 is 0 Å². The molecule has 0 bridgehead atoms. The first kappa shape index (κ1) is 20.9. The fraction of sp³-hybridized carbons (Fsp3) is 0.818. The second kappa shape index (κ2) is 9.82. The Kier molecular flexibility index (Phi) is 9.33. The number of likely N-dealkylation sites (tertiary alicyclic amines) is 1. The van der Waals surface area contributed by atoms with Crippen molar-refractivity contribution in [3.05, 3.63) is 0 Å². The minimum atomic E-state index is -3.45. The lowest BCUT2D eigenvalue weighted by Gasteiger charge is -2.20. The molecule has 0 aromatic heterocycles. The highest BCUT2D eigenvalue weighted by molar-refractivity contribution is 7.89. The molecule has 1 amide bonds. The highest BCUT2D eigenvalue weighted by atomic mass is 35.5. The Hall–Kier alpha value is -1.10. The maximum Gasteiger partial charge on any atom is 0.241 e. The maximum absolute atomic E-state index is 11.9. The van der Waals surface area contributed by atoms with Crippen LogP contribution in [0.3, 0.4) is 0 Å². The van der Waals surface area contributed by atoms with Gasteiger partial charge in [0.1, 0.15) is 6.04 Å². The van der Waals surface area contributed by atoms with Crippen LogP contribution in [0.15, 0.2) is 0 Å². The van der Waals surface area contributed by atoms with E-state index >= 15 is 0 Å². The lowest BCUT2D eigenvalue weighted by Crippen LogP contribution is -2.45. The number of sulfonamides is 1. The SMILES string of the molecule is CS(=O)(=O)NC(=N)NCCOC[C@H](N)C(=O)N1CCCC1.Cl. The largest absolute Gasteiger partial charge is 0.377 e. The molecule has 1 aliphatic rings. The van der Waals surface area contributed by atoms with Gasteiger partial charge in [-0.25, -0.2) is 8.42 Å². The summed E-state index contributed by atoms with van der Waals surface area (Å²) >= 11 is 0. The molecule has 130 valence electrons. The smallest absolute Gasteiger partial charge is 0.241 e. The monoisotopic (exact) mass is 357 g/mol. The van der Waals surface area contributed by atoms with E-state index in [0.29, 0.717) is 0 Å². The summed E-state index contributed by atoms with van der Waals surface area (Å²) in [7, 11) is -3.45. The van der Waals surface area contributed by atoms with Crippen molar-refractivity contribution in [2.75, 3.05) is 39.1 Å². The Labute approximate surface area is 136 Å². The molecule has 1 rings (SSSR count). The van der Waals surface area contributed by atoms with Crippen LogP contribution < -0.4 is 15.8 Å². The average Bonchev–Trinajstić information content (AvgIpc) is 2.88. The van der Waals surface area contributed by atoms with Gasteiger partial charge in [-0.15, -0.1) is 12.4 Å². The summed E-state index contributed by atoms with van der Waals surface area (Å²) in [5.74, 6) is -0.425. The molecule has 0 aromatic carbocycles. The number of nitrogens with zero attached hydrogens (tertiary/aromatic N) is 1. The predicted octanol–water partition coefficient (Wildman–Crippen LogP) is -1.55. The minimum absolute atomic E-state index is 0. The molecule has 0 aliphatic carbocycles. The molecule has 0 aromatic rings. The van der Waals surface area contributed by atoms with Gasteiger partial charge in [-0.3, -0.25) is 14.9 Å². The van der Waals surface area contributed by atoms with E-state index in [-0.39, 0.29) is 44.0 Å². The number of rotatable bonds is 7. The molecule has 0 unspecified atom stereocenters. The van der Waals surface area contributed by atoms with Gasteiger partial charge < -0.3 is 20.7 Å². The van der Waals surface area contributed by atoms with Crippen LogP contribution in [0.5, 0.6) is 0 Å². The summed E-state index contributed by atoms with van der Waals surface area (Å²) in [6.45, 7) is 2.06. The Morgan fingerprint density at radius 1 is 1.41 bits per heavy atom. The number of hydrogen-bond acceptors (Lipinski definition) is 6. The summed E-state index contributed by atoms with van der Waals surface area (Å²) in [4.78, 5) is 13.6. The molecule has 1 heterocycles. The normalized spacial score (nSPS) is 15.8. The molecule has 1 atom stereocenters. The molecule has 1 aliphatic heterocycles. The summed E-state index contributed by atoms with van der Waals surface area (Å²) in [5.41, 5.74) is 5.75. The lowest BCUT2D eigenvalue weighted by molar-refractivity contribution is -0.132. The van der Waals surface area contributed by atoms with Gasteiger partial charge in [0.2, 0.25) is 21.9 Å². The van der Waals surface area contributed by atoms with Crippen LogP contribution in [0.25, 0.3) is 0 Å². The number of hydrogen-bond donors (Lipinski definition) is 4. The molecule has 0 radical (unpaired) electrons. The van der Waals surface area contributed by atoms with Gasteiger partial charge in [0.15, 0.2) is 0 Å². The van der Waals surface area contributed by atoms with E-state index < -0.39 is 16.1 Å². The molecule has 1 fully saturated rings. The van der Waals surface area contributed by atoms with Crippen LogP contribution in [-0.4, -0.2) is 70.3 Å². The zero-order valence-electron chi connectivity index (χ0n) is 12.5. The van der Waals surface area contributed by atoms with Crippen molar-refractivity contribution >= 4 is 34.3 Å². The highest BCUT2D eigenvalue weighted by Crippen LogP contribution is 2.08. The number of ether oxygens (including phenoxy) is 1. The maximum atomic E-state index is 11.9. The Morgan fingerprint density at radius 2 is 2.00 bits per heavy atom. The van der Waals surface area contributed by atoms with E-state index in [2.05, 4.69) is 5.32 Å². The van der Waals surface area contributed by atoms with Gasteiger partial charge in [0.05, 0.1) is 19.5 Å². The van der Waals surface area contributed by atoms with Crippen molar-refractivity contribution in [1.82, 2.24) is 14.9 Å². The Morgan fingerprint density at radius 3 is 2.55 bits per heavy atom. The van der Waals surface area contributed by atoms with Crippen LogP contribution in [0, 0.1) is 5.41 Å². The first-order valence-corrected chi connectivity index (χ1v) is 8.61. The first-order valence-electron chi connectivity index (χ1n) is 6.72. The van der Waals surface area contributed by atoms with Crippen molar-refractivity contribution in [2.45, 2.75) is 18.9 Å². The number of guanidine groups is 1. The number of amides is 1. The zero-order valence-corrected chi connectivity index (χ0v) is 14.1. The van der Waals surface area contributed by atoms with Crippen molar-refractivity contribution in [1.29, 1.82) is 5.41 Å². The fourth-order valence-corrected chi connectivity index (χ4v) is 2.37. The Balaban J connectivity index is 0.00000441.